The minimum Gasteiger partial charge on any atom is -0.390 e. The molecule has 8 heteroatoms. The molecule has 124 valence electrons. The molecule has 2 aromatic heterocycles. The van der Waals surface area contributed by atoms with E-state index in [4.69, 9.17) is 4.74 Å². The van der Waals surface area contributed by atoms with Gasteiger partial charge < -0.3 is 9.84 Å². The third kappa shape index (κ3) is 4.10. The summed E-state index contributed by atoms with van der Waals surface area (Å²) in [4.78, 5) is 6.47. The van der Waals surface area contributed by atoms with Crippen molar-refractivity contribution in [2.24, 2.45) is 0 Å². The normalized spacial score (nSPS) is 23.8. The maximum atomic E-state index is 10.4. The van der Waals surface area contributed by atoms with Gasteiger partial charge in [0.2, 0.25) is 5.82 Å². The van der Waals surface area contributed by atoms with Gasteiger partial charge in [-0.15, -0.1) is 5.10 Å². The van der Waals surface area contributed by atoms with Crippen molar-refractivity contribution in [1.29, 1.82) is 0 Å². The molecule has 3 heterocycles. The number of morpholine rings is 1. The third-order valence-corrected chi connectivity index (χ3v) is 3.77. The first-order valence-electron chi connectivity index (χ1n) is 7.85. The Morgan fingerprint density at radius 3 is 2.74 bits per heavy atom. The molecule has 2 aromatic rings. The molecule has 23 heavy (non-hydrogen) atoms. The number of aliphatic hydroxyl groups excluding tert-OH is 1. The lowest BCUT2D eigenvalue weighted by atomic mass is 10.2. The van der Waals surface area contributed by atoms with Crippen molar-refractivity contribution in [1.82, 2.24) is 30.1 Å². The Balaban J connectivity index is 1.63. The van der Waals surface area contributed by atoms with Crippen LogP contribution >= 0.6 is 0 Å². The predicted octanol–water partition coefficient (Wildman–Crippen LogP) is 0.205. The van der Waals surface area contributed by atoms with E-state index in [0.717, 1.165) is 13.1 Å². The van der Waals surface area contributed by atoms with E-state index in [9.17, 15) is 5.11 Å². The number of aromatic nitrogens is 5. The van der Waals surface area contributed by atoms with Gasteiger partial charge in [-0.2, -0.15) is 0 Å². The summed E-state index contributed by atoms with van der Waals surface area (Å²) in [7, 11) is 0. The van der Waals surface area contributed by atoms with Gasteiger partial charge in [0.15, 0.2) is 0 Å². The van der Waals surface area contributed by atoms with Crippen LogP contribution in [0.15, 0.2) is 24.4 Å². The van der Waals surface area contributed by atoms with Crippen LogP contribution in [0.4, 0.5) is 0 Å². The molecule has 0 bridgehead atoms. The molecule has 1 aliphatic rings. The van der Waals surface area contributed by atoms with E-state index in [1.54, 1.807) is 10.9 Å². The first-order valence-corrected chi connectivity index (χ1v) is 7.85. The fraction of sp³-hybridized carbons (Fsp3) is 0.600. The summed E-state index contributed by atoms with van der Waals surface area (Å²) in [6, 6.07) is 5.57. The van der Waals surface area contributed by atoms with Gasteiger partial charge in [0.25, 0.3) is 0 Å². The Labute approximate surface area is 135 Å². The molecule has 0 unspecified atom stereocenters. The summed E-state index contributed by atoms with van der Waals surface area (Å²) in [5, 5.41) is 22.1. The van der Waals surface area contributed by atoms with Crippen LogP contribution in [0.25, 0.3) is 11.5 Å². The number of pyridine rings is 1. The summed E-state index contributed by atoms with van der Waals surface area (Å²) >= 11 is 0. The van der Waals surface area contributed by atoms with E-state index < -0.39 is 6.10 Å². The van der Waals surface area contributed by atoms with Crippen LogP contribution in [0, 0.1) is 0 Å². The summed E-state index contributed by atoms with van der Waals surface area (Å²) in [6.45, 7) is 6.65. The van der Waals surface area contributed by atoms with Crippen LogP contribution in [0.1, 0.15) is 13.8 Å². The van der Waals surface area contributed by atoms with Crippen LogP contribution in [0.5, 0.6) is 0 Å². The van der Waals surface area contributed by atoms with Gasteiger partial charge in [0, 0.05) is 25.8 Å². The number of hydrogen-bond acceptors (Lipinski definition) is 7. The monoisotopic (exact) mass is 318 g/mol. The molecule has 0 spiro atoms. The molecule has 1 N–H and O–H groups in total. The van der Waals surface area contributed by atoms with E-state index in [1.807, 2.05) is 18.2 Å². The molecular formula is C15H22N6O2. The van der Waals surface area contributed by atoms with Crippen molar-refractivity contribution < 1.29 is 9.84 Å². The van der Waals surface area contributed by atoms with Crippen molar-refractivity contribution >= 4 is 0 Å². The highest BCUT2D eigenvalue weighted by Gasteiger charge is 2.24. The van der Waals surface area contributed by atoms with Crippen molar-refractivity contribution in [3.05, 3.63) is 24.4 Å². The molecule has 1 fully saturated rings. The molecule has 3 atom stereocenters. The lowest BCUT2D eigenvalue weighted by Gasteiger charge is -2.36. The SMILES string of the molecule is C[C@@H]1CN(C[C@H](O)Cn2nnnc2-c2ccccn2)C[C@H](C)O1. The largest absolute Gasteiger partial charge is 0.390 e. The standard InChI is InChI=1S/C15H22N6O2/c1-11-7-20(8-12(2)23-11)9-13(22)10-21-15(17-18-19-21)14-5-3-4-6-16-14/h3-6,11-13,22H,7-10H2,1-2H3/t11-,12+,13-/m0/s1. The zero-order valence-corrected chi connectivity index (χ0v) is 13.4. The lowest BCUT2D eigenvalue weighted by Crippen LogP contribution is -2.48. The number of β-amino-alcohol motifs (C(OH)–C–C–N with tert-alkyl or cyclic N) is 1. The van der Waals surface area contributed by atoms with Gasteiger partial charge in [-0.3, -0.25) is 9.88 Å². The summed E-state index contributed by atoms with van der Waals surface area (Å²) in [5.41, 5.74) is 0.693. The van der Waals surface area contributed by atoms with Crippen molar-refractivity contribution in [3.8, 4) is 11.5 Å². The second-order valence-corrected chi connectivity index (χ2v) is 6.03. The van der Waals surface area contributed by atoms with Gasteiger partial charge in [-0.25, -0.2) is 4.68 Å². The number of hydrogen-bond donors (Lipinski definition) is 1. The van der Waals surface area contributed by atoms with Crippen LogP contribution in [-0.4, -0.2) is 73.1 Å². The highest BCUT2D eigenvalue weighted by molar-refractivity contribution is 5.47. The van der Waals surface area contributed by atoms with E-state index in [0.29, 0.717) is 24.6 Å². The first-order chi connectivity index (χ1) is 11.1. The van der Waals surface area contributed by atoms with Gasteiger partial charge in [-0.05, 0) is 36.4 Å². The van der Waals surface area contributed by atoms with Crippen LogP contribution in [-0.2, 0) is 11.3 Å². The Kier molecular flexibility index (Phi) is 4.94. The quantitative estimate of drug-likeness (QED) is 0.842. The smallest absolute Gasteiger partial charge is 0.200 e. The molecule has 0 radical (unpaired) electrons. The van der Waals surface area contributed by atoms with Gasteiger partial charge in [-0.1, -0.05) is 6.07 Å². The number of nitrogens with zero attached hydrogens (tertiary/aromatic N) is 6. The molecule has 0 aromatic carbocycles. The van der Waals surface area contributed by atoms with Crippen LogP contribution < -0.4 is 0 Å². The topological polar surface area (TPSA) is 89.2 Å². The van der Waals surface area contributed by atoms with Crippen molar-refractivity contribution in [2.75, 3.05) is 19.6 Å². The minimum atomic E-state index is -0.557. The summed E-state index contributed by atoms with van der Waals surface area (Å²) in [6.07, 6.45) is 1.51. The Bertz CT molecular complexity index is 609. The Morgan fingerprint density at radius 1 is 1.26 bits per heavy atom. The Hall–Kier alpha value is -1.90. The van der Waals surface area contributed by atoms with Gasteiger partial charge >= 0.3 is 0 Å². The van der Waals surface area contributed by atoms with E-state index in [1.165, 1.54) is 0 Å². The summed E-state index contributed by atoms with van der Waals surface area (Å²) < 4.78 is 7.31. The molecule has 3 rings (SSSR count). The maximum Gasteiger partial charge on any atom is 0.200 e. The first kappa shape index (κ1) is 16.0. The predicted molar refractivity (Wildman–Crippen MR) is 83.5 cm³/mol. The zero-order valence-electron chi connectivity index (χ0n) is 13.4. The number of ether oxygens (including phenoxy) is 1. The highest BCUT2D eigenvalue weighted by atomic mass is 16.5. The lowest BCUT2D eigenvalue weighted by molar-refractivity contribution is -0.0774. The average molecular weight is 318 g/mol. The van der Waals surface area contributed by atoms with Crippen LogP contribution in [0.3, 0.4) is 0 Å². The maximum absolute atomic E-state index is 10.4. The molecule has 0 amide bonds. The van der Waals surface area contributed by atoms with Crippen molar-refractivity contribution in [3.63, 3.8) is 0 Å². The molecule has 1 saturated heterocycles. The van der Waals surface area contributed by atoms with Gasteiger partial charge in [0.05, 0.1) is 24.9 Å². The number of tetrazole rings is 1. The molecule has 8 nitrogen and oxygen atoms in total. The fourth-order valence-electron chi connectivity index (χ4n) is 2.99. The summed E-state index contributed by atoms with van der Waals surface area (Å²) in [5.74, 6) is 0.563. The Morgan fingerprint density at radius 2 is 2.04 bits per heavy atom. The molecule has 0 aliphatic carbocycles. The second kappa shape index (κ2) is 7.12. The van der Waals surface area contributed by atoms with E-state index in [2.05, 4.69) is 39.3 Å². The van der Waals surface area contributed by atoms with E-state index >= 15 is 0 Å². The fourth-order valence-corrected chi connectivity index (χ4v) is 2.99. The zero-order chi connectivity index (χ0) is 16.2. The average Bonchev–Trinajstić information content (AvgIpc) is 2.95. The molecule has 1 aliphatic heterocycles. The van der Waals surface area contributed by atoms with E-state index in [-0.39, 0.29) is 12.2 Å². The number of rotatable bonds is 5. The highest BCUT2D eigenvalue weighted by Crippen LogP contribution is 2.14. The third-order valence-electron chi connectivity index (χ3n) is 3.77. The molecule has 0 saturated carbocycles. The second-order valence-electron chi connectivity index (χ2n) is 6.03. The number of aliphatic hydroxyl groups is 1. The van der Waals surface area contributed by atoms with Gasteiger partial charge in [0.1, 0.15) is 5.69 Å². The molecular weight excluding hydrogens is 296 g/mol. The minimum absolute atomic E-state index is 0.183. The van der Waals surface area contributed by atoms with Crippen LogP contribution in [0.2, 0.25) is 0 Å². The van der Waals surface area contributed by atoms with Crippen molar-refractivity contribution in [2.45, 2.75) is 38.7 Å².